The molecule has 2 aromatic rings. The lowest BCUT2D eigenvalue weighted by Gasteiger charge is -2.21. The Bertz CT molecular complexity index is 1120. The highest BCUT2D eigenvalue weighted by Crippen LogP contribution is 2.26. The van der Waals surface area contributed by atoms with Gasteiger partial charge in [-0.25, -0.2) is 13.2 Å². The van der Waals surface area contributed by atoms with Crippen LogP contribution in [0.25, 0.3) is 0 Å². The summed E-state index contributed by atoms with van der Waals surface area (Å²) in [6.45, 7) is 2.01. The Hall–Kier alpha value is -2.83. The zero-order chi connectivity index (χ0) is 23.3. The molecule has 0 spiro atoms. The molecule has 0 bridgehead atoms. The Morgan fingerprint density at radius 2 is 1.84 bits per heavy atom. The largest absolute Gasteiger partial charge is 0.451 e. The minimum atomic E-state index is -3.70. The molecule has 1 aromatic carbocycles. The van der Waals surface area contributed by atoms with Gasteiger partial charge in [-0.2, -0.15) is 4.31 Å². The van der Waals surface area contributed by atoms with Gasteiger partial charge in [0.2, 0.25) is 10.0 Å². The third-order valence-electron chi connectivity index (χ3n) is 4.96. The van der Waals surface area contributed by atoms with Gasteiger partial charge in [0.25, 0.3) is 5.91 Å². The average molecular weight is 482 g/mol. The normalized spacial score (nSPS) is 15.0. The van der Waals surface area contributed by atoms with Crippen LogP contribution in [0.4, 0.5) is 10.7 Å². The first-order valence-electron chi connectivity index (χ1n) is 10.0. The second-order valence-corrected chi connectivity index (χ2v) is 10.3. The number of esters is 1. The molecule has 0 unspecified atom stereocenters. The number of thiophene rings is 1. The number of anilines is 1. The standard InChI is InChI=1S/C20H23N3O7S2/c1-14-6-7-15(12-17(14)32(28,29)22-10-4-2-3-5-11-22)21-18(24)13-30-20(25)16-8-9-19(31-16)23(26)27/h6-9,12H,2-5,10-11,13H2,1H3,(H,21,24). The van der Waals surface area contributed by atoms with E-state index in [2.05, 4.69) is 5.32 Å². The monoisotopic (exact) mass is 481 g/mol. The molecule has 3 rings (SSSR count). The van der Waals surface area contributed by atoms with Crippen molar-refractivity contribution in [3.8, 4) is 0 Å². The number of benzene rings is 1. The topological polar surface area (TPSA) is 136 Å². The lowest BCUT2D eigenvalue weighted by molar-refractivity contribution is -0.380. The van der Waals surface area contributed by atoms with Crippen molar-refractivity contribution in [2.24, 2.45) is 0 Å². The summed E-state index contributed by atoms with van der Waals surface area (Å²) in [7, 11) is -3.70. The van der Waals surface area contributed by atoms with Crippen molar-refractivity contribution in [3.63, 3.8) is 0 Å². The number of sulfonamides is 1. The highest BCUT2D eigenvalue weighted by molar-refractivity contribution is 7.89. The summed E-state index contributed by atoms with van der Waals surface area (Å²) in [5, 5.41) is 13.0. The van der Waals surface area contributed by atoms with Gasteiger partial charge in [-0.1, -0.05) is 30.2 Å². The summed E-state index contributed by atoms with van der Waals surface area (Å²) in [4.78, 5) is 34.4. The van der Waals surface area contributed by atoms with E-state index in [1.807, 2.05) is 0 Å². The van der Waals surface area contributed by atoms with Crippen LogP contribution in [-0.2, 0) is 19.6 Å². The maximum Gasteiger partial charge on any atom is 0.349 e. The van der Waals surface area contributed by atoms with E-state index >= 15 is 0 Å². The fraction of sp³-hybridized carbons (Fsp3) is 0.400. The van der Waals surface area contributed by atoms with Gasteiger partial charge in [0.15, 0.2) is 6.61 Å². The third-order valence-corrected chi connectivity index (χ3v) is 8.02. The predicted octanol–water partition coefficient (Wildman–Crippen LogP) is 3.32. The molecule has 0 aliphatic carbocycles. The molecule has 1 saturated heterocycles. The molecule has 0 radical (unpaired) electrons. The first-order valence-corrected chi connectivity index (χ1v) is 12.3. The van der Waals surface area contributed by atoms with Gasteiger partial charge in [-0.15, -0.1) is 0 Å². The van der Waals surface area contributed by atoms with Gasteiger partial charge in [0.05, 0.1) is 9.82 Å². The zero-order valence-corrected chi connectivity index (χ0v) is 19.0. The molecule has 1 aromatic heterocycles. The Kier molecular flexibility index (Phi) is 7.59. The number of nitrogens with zero attached hydrogens (tertiary/aromatic N) is 2. The number of rotatable bonds is 7. The van der Waals surface area contributed by atoms with Crippen molar-refractivity contribution in [1.82, 2.24) is 4.31 Å². The van der Waals surface area contributed by atoms with Crippen LogP contribution in [-0.4, -0.2) is 49.2 Å². The number of hydrogen-bond acceptors (Lipinski definition) is 8. The smallest absolute Gasteiger partial charge is 0.349 e. The van der Waals surface area contributed by atoms with Gasteiger partial charge in [-0.05, 0) is 43.5 Å². The lowest BCUT2D eigenvalue weighted by atomic mass is 10.2. The fourth-order valence-corrected chi connectivity index (χ4v) is 5.79. The molecule has 1 aliphatic heterocycles. The van der Waals surface area contributed by atoms with Gasteiger partial charge >= 0.3 is 11.0 Å². The second kappa shape index (κ2) is 10.2. The Morgan fingerprint density at radius 1 is 1.16 bits per heavy atom. The summed E-state index contributed by atoms with van der Waals surface area (Å²) in [5.41, 5.74) is 0.828. The van der Waals surface area contributed by atoms with Gasteiger partial charge in [-0.3, -0.25) is 14.9 Å². The van der Waals surface area contributed by atoms with Gasteiger partial charge < -0.3 is 10.1 Å². The van der Waals surface area contributed by atoms with Crippen molar-refractivity contribution in [1.29, 1.82) is 0 Å². The summed E-state index contributed by atoms with van der Waals surface area (Å²) >= 11 is 0.649. The van der Waals surface area contributed by atoms with Gasteiger partial charge in [0, 0.05) is 24.8 Å². The molecule has 32 heavy (non-hydrogen) atoms. The number of carbonyl (C=O) groups excluding carboxylic acids is 2. The first-order chi connectivity index (χ1) is 15.2. The molecule has 10 nitrogen and oxygen atoms in total. The molecule has 1 fully saturated rings. The molecular formula is C20H23N3O7S2. The maximum absolute atomic E-state index is 13.1. The summed E-state index contributed by atoms with van der Waals surface area (Å²) in [6, 6.07) is 7.01. The molecule has 1 amide bonds. The molecule has 172 valence electrons. The SMILES string of the molecule is Cc1ccc(NC(=O)COC(=O)c2ccc([N+](=O)[O-])s2)cc1S(=O)(=O)N1CCCCCC1. The van der Waals surface area contributed by atoms with E-state index < -0.39 is 33.4 Å². The highest BCUT2D eigenvalue weighted by Gasteiger charge is 2.27. The summed E-state index contributed by atoms with van der Waals surface area (Å²) < 4.78 is 32.6. The summed E-state index contributed by atoms with van der Waals surface area (Å²) in [6.07, 6.45) is 3.62. The number of amides is 1. The van der Waals surface area contributed by atoms with E-state index in [0.29, 0.717) is 30.0 Å². The van der Waals surface area contributed by atoms with E-state index in [1.54, 1.807) is 19.1 Å². The zero-order valence-electron chi connectivity index (χ0n) is 17.4. The molecule has 1 aliphatic rings. The van der Waals surface area contributed by atoms with E-state index in [9.17, 15) is 28.1 Å². The van der Waals surface area contributed by atoms with E-state index in [-0.39, 0.29) is 20.5 Å². The number of carbonyl (C=O) groups is 2. The Labute approximate surface area is 189 Å². The van der Waals surface area contributed by atoms with Crippen molar-refractivity contribution < 1.29 is 27.7 Å². The number of hydrogen-bond donors (Lipinski definition) is 1. The third kappa shape index (κ3) is 5.69. The van der Waals surface area contributed by atoms with Crippen LogP contribution in [0.3, 0.4) is 0 Å². The van der Waals surface area contributed by atoms with Crippen LogP contribution in [0.1, 0.15) is 40.9 Å². The minimum Gasteiger partial charge on any atom is -0.451 e. The van der Waals surface area contributed by atoms with E-state index in [4.69, 9.17) is 4.74 Å². The number of aryl methyl sites for hydroxylation is 1. The first kappa shape index (κ1) is 23.8. The molecule has 0 atom stereocenters. The van der Waals surface area contributed by atoms with Crippen molar-refractivity contribution in [2.75, 3.05) is 25.0 Å². The van der Waals surface area contributed by atoms with E-state index in [1.165, 1.54) is 22.5 Å². The number of nitro groups is 1. The van der Waals surface area contributed by atoms with Gasteiger partial charge in [0.1, 0.15) is 4.88 Å². The molecule has 0 saturated carbocycles. The van der Waals surface area contributed by atoms with Crippen molar-refractivity contribution >= 4 is 43.9 Å². The Balaban J connectivity index is 1.65. The fourth-order valence-electron chi connectivity index (χ4n) is 3.31. The van der Waals surface area contributed by atoms with Crippen molar-refractivity contribution in [3.05, 3.63) is 50.9 Å². The molecule has 12 heteroatoms. The maximum atomic E-state index is 13.1. The highest BCUT2D eigenvalue weighted by atomic mass is 32.2. The summed E-state index contributed by atoms with van der Waals surface area (Å²) in [5.74, 6) is -1.52. The van der Waals surface area contributed by atoms with E-state index in [0.717, 1.165) is 25.7 Å². The average Bonchev–Trinajstić information content (AvgIpc) is 3.09. The quantitative estimate of drug-likeness (QED) is 0.364. The Morgan fingerprint density at radius 3 is 2.47 bits per heavy atom. The molecule has 2 heterocycles. The van der Waals surface area contributed by atoms with Crippen LogP contribution in [0.2, 0.25) is 0 Å². The second-order valence-electron chi connectivity index (χ2n) is 7.32. The minimum absolute atomic E-state index is 0.00525. The van der Waals surface area contributed by atoms with Crippen LogP contribution in [0, 0.1) is 17.0 Å². The van der Waals surface area contributed by atoms with Crippen LogP contribution in [0.15, 0.2) is 35.2 Å². The van der Waals surface area contributed by atoms with Crippen LogP contribution in [0.5, 0.6) is 0 Å². The molecular weight excluding hydrogens is 458 g/mol. The number of nitrogens with one attached hydrogen (secondary N) is 1. The number of ether oxygens (including phenoxy) is 1. The lowest BCUT2D eigenvalue weighted by Crippen LogP contribution is -2.32. The van der Waals surface area contributed by atoms with Crippen molar-refractivity contribution in [2.45, 2.75) is 37.5 Å². The predicted molar refractivity (Wildman–Crippen MR) is 118 cm³/mol. The van der Waals surface area contributed by atoms with Crippen LogP contribution < -0.4 is 5.32 Å². The molecule has 1 N–H and O–H groups in total. The van der Waals surface area contributed by atoms with Crippen LogP contribution >= 0.6 is 11.3 Å².